The lowest BCUT2D eigenvalue weighted by molar-refractivity contribution is 0.273. The van der Waals surface area contributed by atoms with Gasteiger partial charge in [-0.1, -0.05) is 12.8 Å². The van der Waals surface area contributed by atoms with E-state index in [4.69, 9.17) is 5.73 Å². The Kier molecular flexibility index (Phi) is 4.13. The molecule has 0 atom stereocenters. The molecule has 0 bridgehead atoms. The molecule has 0 amide bonds. The van der Waals surface area contributed by atoms with Crippen LogP contribution in [0.15, 0.2) is 24.5 Å². The minimum atomic E-state index is 0.118. The first-order valence-corrected chi connectivity index (χ1v) is 6.54. The Balaban J connectivity index is 1.76. The summed E-state index contributed by atoms with van der Waals surface area (Å²) in [7, 11) is 2.17. The van der Waals surface area contributed by atoms with E-state index < -0.39 is 0 Å². The van der Waals surface area contributed by atoms with Crippen LogP contribution < -0.4 is 5.73 Å². The lowest BCUT2D eigenvalue weighted by Crippen LogP contribution is -2.39. The van der Waals surface area contributed by atoms with Crippen LogP contribution in [-0.2, 0) is 6.54 Å². The third-order valence-corrected chi connectivity index (χ3v) is 3.79. The Bertz CT molecular complexity index is 331. The third-order valence-electron chi connectivity index (χ3n) is 3.79. The maximum atomic E-state index is 6.36. The predicted molar refractivity (Wildman–Crippen MR) is 70.6 cm³/mol. The molecule has 0 aliphatic heterocycles. The van der Waals surface area contributed by atoms with Gasteiger partial charge in [0, 0.05) is 24.5 Å². The lowest BCUT2D eigenvalue weighted by atomic mass is 9.94. The van der Waals surface area contributed by atoms with Crippen molar-refractivity contribution in [1.29, 1.82) is 0 Å². The van der Waals surface area contributed by atoms with Gasteiger partial charge in [-0.2, -0.15) is 0 Å². The number of pyridine rings is 1. The third kappa shape index (κ3) is 3.79. The molecule has 17 heavy (non-hydrogen) atoms. The van der Waals surface area contributed by atoms with Crippen molar-refractivity contribution in [2.45, 2.75) is 44.2 Å². The molecular weight excluding hydrogens is 210 g/mol. The van der Waals surface area contributed by atoms with Crippen molar-refractivity contribution >= 4 is 0 Å². The van der Waals surface area contributed by atoms with E-state index >= 15 is 0 Å². The van der Waals surface area contributed by atoms with E-state index in [0.29, 0.717) is 0 Å². The average Bonchev–Trinajstić information content (AvgIpc) is 2.76. The van der Waals surface area contributed by atoms with Crippen molar-refractivity contribution in [2.75, 3.05) is 13.6 Å². The van der Waals surface area contributed by atoms with Gasteiger partial charge in [0.1, 0.15) is 0 Å². The monoisotopic (exact) mass is 233 g/mol. The molecule has 1 aromatic heterocycles. The smallest absolute Gasteiger partial charge is 0.0271 e. The van der Waals surface area contributed by atoms with Gasteiger partial charge in [0.15, 0.2) is 0 Å². The highest BCUT2D eigenvalue weighted by Gasteiger charge is 2.28. The molecule has 0 aromatic carbocycles. The number of rotatable bonds is 5. The van der Waals surface area contributed by atoms with E-state index in [-0.39, 0.29) is 5.54 Å². The first kappa shape index (κ1) is 12.5. The highest BCUT2D eigenvalue weighted by Crippen LogP contribution is 2.30. The minimum Gasteiger partial charge on any atom is -0.325 e. The van der Waals surface area contributed by atoms with Crippen LogP contribution in [0.4, 0.5) is 0 Å². The van der Waals surface area contributed by atoms with Gasteiger partial charge in [-0.3, -0.25) is 4.98 Å². The van der Waals surface area contributed by atoms with Crippen molar-refractivity contribution < 1.29 is 0 Å². The van der Waals surface area contributed by atoms with E-state index in [1.807, 2.05) is 12.4 Å². The highest BCUT2D eigenvalue weighted by atomic mass is 15.1. The Hall–Kier alpha value is -0.930. The van der Waals surface area contributed by atoms with Crippen LogP contribution in [0.1, 0.15) is 37.7 Å². The second-order valence-electron chi connectivity index (χ2n) is 5.41. The first-order chi connectivity index (χ1) is 8.18. The van der Waals surface area contributed by atoms with Crippen molar-refractivity contribution in [1.82, 2.24) is 9.88 Å². The molecule has 1 heterocycles. The quantitative estimate of drug-likeness (QED) is 0.847. The van der Waals surface area contributed by atoms with E-state index in [1.165, 1.54) is 31.2 Å². The molecule has 1 fully saturated rings. The molecule has 2 rings (SSSR count). The Labute approximate surface area is 104 Å². The molecule has 1 aliphatic rings. The molecule has 2 N–H and O–H groups in total. The summed E-state index contributed by atoms with van der Waals surface area (Å²) in [6.45, 7) is 2.07. The summed E-state index contributed by atoms with van der Waals surface area (Å²) in [5.41, 5.74) is 7.80. The summed E-state index contributed by atoms with van der Waals surface area (Å²) in [6.07, 6.45) is 9.85. The molecule has 0 unspecified atom stereocenters. The summed E-state index contributed by atoms with van der Waals surface area (Å²) in [5.74, 6) is 0. The summed E-state index contributed by atoms with van der Waals surface area (Å²) in [6, 6.07) is 4.15. The largest absolute Gasteiger partial charge is 0.325 e. The molecule has 1 saturated carbocycles. The highest BCUT2D eigenvalue weighted by molar-refractivity contribution is 5.09. The van der Waals surface area contributed by atoms with Crippen LogP contribution in [0, 0.1) is 0 Å². The van der Waals surface area contributed by atoms with Crippen LogP contribution in [0.3, 0.4) is 0 Å². The van der Waals surface area contributed by atoms with Gasteiger partial charge in [-0.15, -0.1) is 0 Å². The molecule has 3 heteroatoms. The molecule has 0 spiro atoms. The molecule has 0 saturated heterocycles. The van der Waals surface area contributed by atoms with Crippen molar-refractivity contribution in [2.24, 2.45) is 5.73 Å². The van der Waals surface area contributed by atoms with Gasteiger partial charge < -0.3 is 10.6 Å². The Morgan fingerprint density at radius 1 is 1.29 bits per heavy atom. The molecule has 1 aliphatic carbocycles. The number of hydrogen-bond acceptors (Lipinski definition) is 3. The summed E-state index contributed by atoms with van der Waals surface area (Å²) < 4.78 is 0. The average molecular weight is 233 g/mol. The summed E-state index contributed by atoms with van der Waals surface area (Å²) in [4.78, 5) is 6.38. The standard InChI is InChI=1S/C14H23N3/c1-17(12-13-4-9-16-10-5-13)11-8-14(15)6-2-3-7-14/h4-5,9-10H,2-3,6-8,11-12,15H2,1H3. The normalized spacial score (nSPS) is 18.8. The Morgan fingerprint density at radius 3 is 2.59 bits per heavy atom. The second kappa shape index (κ2) is 5.61. The van der Waals surface area contributed by atoms with Crippen molar-refractivity contribution in [3.05, 3.63) is 30.1 Å². The molecule has 3 nitrogen and oxygen atoms in total. The van der Waals surface area contributed by atoms with Crippen LogP contribution >= 0.6 is 0 Å². The number of hydrogen-bond donors (Lipinski definition) is 1. The van der Waals surface area contributed by atoms with Gasteiger partial charge in [0.2, 0.25) is 0 Å². The number of aromatic nitrogens is 1. The fourth-order valence-corrected chi connectivity index (χ4v) is 2.62. The molecular formula is C14H23N3. The fraction of sp³-hybridized carbons (Fsp3) is 0.643. The number of nitrogens with zero attached hydrogens (tertiary/aromatic N) is 2. The van der Waals surface area contributed by atoms with Crippen molar-refractivity contribution in [3.8, 4) is 0 Å². The molecule has 1 aromatic rings. The fourth-order valence-electron chi connectivity index (χ4n) is 2.62. The topological polar surface area (TPSA) is 42.1 Å². The predicted octanol–water partition coefficient (Wildman–Crippen LogP) is 2.17. The van der Waals surface area contributed by atoms with Crippen LogP contribution in [0.2, 0.25) is 0 Å². The summed E-state index contributed by atoms with van der Waals surface area (Å²) >= 11 is 0. The van der Waals surface area contributed by atoms with Gasteiger partial charge in [-0.25, -0.2) is 0 Å². The van der Waals surface area contributed by atoms with E-state index in [1.54, 1.807) is 0 Å². The maximum Gasteiger partial charge on any atom is 0.0271 e. The van der Waals surface area contributed by atoms with Crippen LogP contribution in [0.25, 0.3) is 0 Å². The zero-order chi connectivity index (χ0) is 12.1. The Morgan fingerprint density at radius 2 is 1.94 bits per heavy atom. The van der Waals surface area contributed by atoms with E-state index in [9.17, 15) is 0 Å². The van der Waals surface area contributed by atoms with Crippen LogP contribution in [-0.4, -0.2) is 29.0 Å². The molecule has 94 valence electrons. The minimum absolute atomic E-state index is 0.118. The van der Waals surface area contributed by atoms with Gasteiger partial charge in [0.25, 0.3) is 0 Å². The van der Waals surface area contributed by atoms with Gasteiger partial charge in [0.05, 0.1) is 0 Å². The van der Waals surface area contributed by atoms with E-state index in [0.717, 1.165) is 19.5 Å². The second-order valence-corrected chi connectivity index (χ2v) is 5.41. The zero-order valence-corrected chi connectivity index (χ0v) is 10.7. The van der Waals surface area contributed by atoms with E-state index in [2.05, 4.69) is 29.1 Å². The SMILES string of the molecule is CN(CCC1(N)CCCC1)Cc1ccncc1. The number of nitrogens with two attached hydrogens (primary N) is 1. The maximum absolute atomic E-state index is 6.36. The van der Waals surface area contributed by atoms with Crippen LogP contribution in [0.5, 0.6) is 0 Å². The first-order valence-electron chi connectivity index (χ1n) is 6.54. The molecule has 0 radical (unpaired) electrons. The van der Waals surface area contributed by atoms with Crippen molar-refractivity contribution in [3.63, 3.8) is 0 Å². The van der Waals surface area contributed by atoms with Gasteiger partial charge in [-0.05, 0) is 50.6 Å². The summed E-state index contributed by atoms with van der Waals surface area (Å²) in [5, 5.41) is 0. The zero-order valence-electron chi connectivity index (χ0n) is 10.7. The van der Waals surface area contributed by atoms with Gasteiger partial charge >= 0.3 is 0 Å². The lowest BCUT2D eigenvalue weighted by Gasteiger charge is -2.26.